The van der Waals surface area contributed by atoms with Gasteiger partial charge >= 0.3 is 6.09 Å². The number of pyridine rings is 1. The Morgan fingerprint density at radius 2 is 2.21 bits per heavy atom. The van der Waals surface area contributed by atoms with E-state index in [0.717, 1.165) is 10.9 Å². The van der Waals surface area contributed by atoms with E-state index in [2.05, 4.69) is 20.1 Å². The maximum Gasteiger partial charge on any atom is 0.407 e. The zero-order chi connectivity index (χ0) is 23.1. The number of ketones is 1. The van der Waals surface area contributed by atoms with Crippen molar-refractivity contribution in [2.45, 2.75) is 19.5 Å². The summed E-state index contributed by atoms with van der Waals surface area (Å²) in [5, 5.41) is 17.2. The van der Waals surface area contributed by atoms with Crippen LogP contribution in [0.3, 0.4) is 0 Å². The summed E-state index contributed by atoms with van der Waals surface area (Å²) in [6, 6.07) is 7.16. The Labute approximate surface area is 189 Å². The van der Waals surface area contributed by atoms with E-state index in [1.807, 2.05) is 13.0 Å². The number of hydrogen-bond donors (Lipinski definition) is 2. The van der Waals surface area contributed by atoms with Gasteiger partial charge in [0.2, 0.25) is 5.78 Å². The molecule has 0 radical (unpaired) electrons. The highest BCUT2D eigenvalue weighted by atomic mass is 16.5. The molecule has 0 aliphatic carbocycles. The van der Waals surface area contributed by atoms with Crippen molar-refractivity contribution in [3.05, 3.63) is 53.0 Å². The summed E-state index contributed by atoms with van der Waals surface area (Å²) in [4.78, 5) is 32.2. The van der Waals surface area contributed by atoms with Gasteiger partial charge in [0.25, 0.3) is 0 Å². The molecule has 1 atom stereocenters. The molecular formula is C23H23N5O5. The minimum absolute atomic E-state index is 0.00505. The molecule has 33 heavy (non-hydrogen) atoms. The molecule has 10 heteroatoms. The van der Waals surface area contributed by atoms with Crippen LogP contribution in [0.4, 0.5) is 4.79 Å². The Hall–Kier alpha value is -3.92. The van der Waals surface area contributed by atoms with E-state index in [0.29, 0.717) is 54.6 Å². The molecule has 1 saturated heterocycles. The van der Waals surface area contributed by atoms with Crippen LogP contribution in [0.5, 0.6) is 11.5 Å². The van der Waals surface area contributed by atoms with Crippen LogP contribution in [0.15, 0.2) is 36.2 Å². The molecule has 2 aliphatic rings. The number of carboxylic acid groups (broad SMARTS) is 1. The van der Waals surface area contributed by atoms with E-state index >= 15 is 0 Å². The molecule has 1 aromatic carbocycles. The number of rotatable bonds is 4. The van der Waals surface area contributed by atoms with Gasteiger partial charge < -0.3 is 19.5 Å². The van der Waals surface area contributed by atoms with E-state index in [4.69, 9.17) is 9.47 Å². The second kappa shape index (κ2) is 8.21. The summed E-state index contributed by atoms with van der Waals surface area (Å²) in [7, 11) is 1.58. The second-order valence-electron chi connectivity index (χ2n) is 8.12. The van der Waals surface area contributed by atoms with E-state index in [1.165, 1.54) is 4.90 Å². The predicted molar refractivity (Wildman–Crippen MR) is 119 cm³/mol. The Balaban J connectivity index is 1.46. The van der Waals surface area contributed by atoms with Crippen LogP contribution in [-0.2, 0) is 6.54 Å². The third-order valence-corrected chi connectivity index (χ3v) is 6.15. The number of amides is 1. The lowest BCUT2D eigenvalue weighted by molar-refractivity contribution is 0.0704. The topological polar surface area (TPSA) is 121 Å². The molecule has 0 saturated carbocycles. The average Bonchev–Trinajstić information content (AvgIpc) is 3.36. The van der Waals surface area contributed by atoms with Crippen LogP contribution in [-0.4, -0.2) is 74.8 Å². The predicted octanol–water partition coefficient (Wildman–Crippen LogP) is 2.77. The fourth-order valence-corrected chi connectivity index (χ4v) is 4.35. The second-order valence-corrected chi connectivity index (χ2v) is 8.12. The molecule has 170 valence electrons. The third kappa shape index (κ3) is 3.68. The zero-order valence-electron chi connectivity index (χ0n) is 18.2. The van der Waals surface area contributed by atoms with Gasteiger partial charge in [-0.15, -0.1) is 0 Å². The maximum absolute atomic E-state index is 13.1. The Morgan fingerprint density at radius 3 is 2.97 bits per heavy atom. The lowest BCUT2D eigenvalue weighted by Crippen LogP contribution is -2.52. The van der Waals surface area contributed by atoms with Gasteiger partial charge in [0.1, 0.15) is 11.5 Å². The molecule has 4 heterocycles. The molecule has 1 unspecified atom stereocenters. The molecule has 2 aliphatic heterocycles. The lowest BCUT2D eigenvalue weighted by atomic mass is 10.0. The summed E-state index contributed by atoms with van der Waals surface area (Å²) in [5.41, 5.74) is 2.42. The van der Waals surface area contributed by atoms with E-state index in [-0.39, 0.29) is 17.6 Å². The molecular weight excluding hydrogens is 426 g/mol. The molecule has 2 N–H and O–H groups in total. The van der Waals surface area contributed by atoms with E-state index in [9.17, 15) is 14.7 Å². The van der Waals surface area contributed by atoms with Crippen molar-refractivity contribution in [3.8, 4) is 11.5 Å². The number of benzene rings is 1. The first-order valence-corrected chi connectivity index (χ1v) is 10.6. The number of nitrogens with one attached hydrogen (secondary N) is 1. The number of methoxy groups -OCH3 is 1. The van der Waals surface area contributed by atoms with Crippen LogP contribution in [0, 0.1) is 0 Å². The van der Waals surface area contributed by atoms with Crippen molar-refractivity contribution >= 4 is 29.0 Å². The summed E-state index contributed by atoms with van der Waals surface area (Å²) >= 11 is 0. The van der Waals surface area contributed by atoms with Gasteiger partial charge in [0.15, 0.2) is 11.4 Å². The number of carbonyl (C=O) groups excluding carboxylic acids is 1. The van der Waals surface area contributed by atoms with Gasteiger partial charge in [-0.05, 0) is 31.2 Å². The molecule has 1 amide bonds. The average molecular weight is 449 g/mol. The van der Waals surface area contributed by atoms with Crippen molar-refractivity contribution in [1.29, 1.82) is 0 Å². The summed E-state index contributed by atoms with van der Waals surface area (Å²) in [5.74, 6) is 1.04. The number of fused-ring (bicyclic) bond motifs is 2. The van der Waals surface area contributed by atoms with Gasteiger partial charge in [-0.25, -0.2) is 9.78 Å². The lowest BCUT2D eigenvalue weighted by Gasteiger charge is -2.38. The summed E-state index contributed by atoms with van der Waals surface area (Å²) < 4.78 is 11.7. The third-order valence-electron chi connectivity index (χ3n) is 6.15. The van der Waals surface area contributed by atoms with E-state index < -0.39 is 6.09 Å². The molecule has 0 bridgehead atoms. The molecule has 1 fully saturated rings. The van der Waals surface area contributed by atoms with Crippen LogP contribution in [0.1, 0.15) is 28.5 Å². The number of aromatic amines is 1. The first kappa shape index (κ1) is 21.0. The van der Waals surface area contributed by atoms with Crippen LogP contribution in [0.2, 0.25) is 0 Å². The quantitative estimate of drug-likeness (QED) is 0.584. The summed E-state index contributed by atoms with van der Waals surface area (Å²) in [6.07, 6.45) is 2.37. The van der Waals surface area contributed by atoms with Crippen molar-refractivity contribution in [3.63, 3.8) is 0 Å². The maximum atomic E-state index is 13.1. The van der Waals surface area contributed by atoms with Gasteiger partial charge in [-0.1, -0.05) is 0 Å². The number of nitrogens with zero attached hydrogens (tertiary/aromatic N) is 4. The Morgan fingerprint density at radius 1 is 1.36 bits per heavy atom. The monoisotopic (exact) mass is 449 g/mol. The summed E-state index contributed by atoms with van der Waals surface area (Å²) in [6.45, 7) is 3.86. The van der Waals surface area contributed by atoms with Gasteiger partial charge in [0, 0.05) is 49.9 Å². The SMILES string of the molecule is COc1ccc2c(c1CN1CCN(C(=O)O)CC1C)OC(=Cc1n[nH]c3ncccc13)C2=O. The Bertz CT molecular complexity index is 1280. The minimum Gasteiger partial charge on any atom is -0.496 e. The largest absolute Gasteiger partial charge is 0.496 e. The fourth-order valence-electron chi connectivity index (χ4n) is 4.35. The first-order chi connectivity index (χ1) is 16.0. The zero-order valence-corrected chi connectivity index (χ0v) is 18.2. The van der Waals surface area contributed by atoms with E-state index in [1.54, 1.807) is 37.6 Å². The number of Topliss-reactive ketones (excluding diaryl/α,β-unsaturated/α-hetero) is 1. The molecule has 3 aromatic rings. The van der Waals surface area contributed by atoms with Crippen molar-refractivity contribution in [2.75, 3.05) is 26.7 Å². The number of piperazine rings is 1. The number of aromatic nitrogens is 3. The smallest absolute Gasteiger partial charge is 0.407 e. The van der Waals surface area contributed by atoms with Crippen molar-refractivity contribution < 1.29 is 24.2 Å². The number of allylic oxidation sites excluding steroid dienone is 1. The van der Waals surface area contributed by atoms with Gasteiger partial charge in [-0.2, -0.15) is 5.10 Å². The highest BCUT2D eigenvalue weighted by Crippen LogP contribution is 2.41. The number of H-pyrrole nitrogens is 1. The Kier molecular flexibility index (Phi) is 5.21. The standard InChI is InChI=1S/C23H23N5O5/c1-13-11-28(23(30)31)9-8-27(13)12-16-18(32-2)6-5-15-20(29)19(33-21(15)16)10-17-14-4-3-7-24-22(14)26-25-17/h3-7,10,13H,8-9,11-12H2,1-2H3,(H,30,31)(H,24,25,26). The van der Waals surface area contributed by atoms with Crippen LogP contribution < -0.4 is 9.47 Å². The normalized spacial score (nSPS) is 19.7. The molecule has 5 rings (SSSR count). The molecule has 2 aromatic heterocycles. The number of carbonyl (C=O) groups is 2. The van der Waals surface area contributed by atoms with Gasteiger partial charge in [0.05, 0.1) is 23.9 Å². The number of hydrogen-bond acceptors (Lipinski definition) is 7. The van der Waals surface area contributed by atoms with Gasteiger partial charge in [-0.3, -0.25) is 14.8 Å². The minimum atomic E-state index is -0.913. The van der Waals surface area contributed by atoms with Crippen LogP contribution in [0.25, 0.3) is 17.1 Å². The first-order valence-electron chi connectivity index (χ1n) is 10.6. The van der Waals surface area contributed by atoms with Crippen molar-refractivity contribution in [1.82, 2.24) is 25.0 Å². The molecule has 10 nitrogen and oxygen atoms in total. The molecule has 0 spiro atoms. The highest BCUT2D eigenvalue weighted by molar-refractivity contribution is 6.15. The number of ether oxygens (including phenoxy) is 2. The van der Waals surface area contributed by atoms with Crippen LogP contribution >= 0.6 is 0 Å². The fraction of sp³-hybridized carbons (Fsp3) is 0.304. The highest BCUT2D eigenvalue weighted by Gasteiger charge is 2.34. The van der Waals surface area contributed by atoms with Crippen molar-refractivity contribution in [2.24, 2.45) is 0 Å².